The topological polar surface area (TPSA) is 72.6 Å². The average molecular weight is 363 g/mol. The minimum Gasteiger partial charge on any atom is -0.495 e. The normalized spacial score (nSPS) is 17.4. The summed E-state index contributed by atoms with van der Waals surface area (Å²) in [6.07, 6.45) is 0.105. The number of rotatable bonds is 4. The number of hydrogen-bond donors (Lipinski definition) is 1. The second-order valence-corrected chi connectivity index (χ2v) is 6.91. The van der Waals surface area contributed by atoms with E-state index in [0.29, 0.717) is 22.1 Å². The van der Waals surface area contributed by atoms with E-state index in [1.165, 1.54) is 18.9 Å². The highest BCUT2D eigenvalue weighted by Gasteiger charge is 2.41. The maximum absolute atomic E-state index is 12.8. The molecule has 1 atom stereocenters. The predicted octanol–water partition coefficient (Wildman–Crippen LogP) is 3.36. The number of anilines is 2. The summed E-state index contributed by atoms with van der Waals surface area (Å²) in [6.45, 7) is 0. The van der Waals surface area contributed by atoms with E-state index in [9.17, 15) is 9.59 Å². The fourth-order valence-corrected chi connectivity index (χ4v) is 3.79. The van der Waals surface area contributed by atoms with Gasteiger partial charge in [0.15, 0.2) is 0 Å². The second kappa shape index (κ2) is 6.75. The molecule has 24 heavy (non-hydrogen) atoms. The first-order chi connectivity index (χ1) is 11.5. The largest absolute Gasteiger partial charge is 0.495 e. The fraction of sp³-hybridized carbons (Fsp3) is 0.176. The summed E-state index contributed by atoms with van der Waals surface area (Å²) in [5.74, 6) is -0.160. The smallest absolute Gasteiger partial charge is 0.247 e. The molecule has 1 aliphatic heterocycles. The molecule has 2 aromatic rings. The number of thioether (sulfide) groups is 1. The van der Waals surface area contributed by atoms with Crippen LogP contribution in [0.2, 0.25) is 5.02 Å². The summed E-state index contributed by atoms with van der Waals surface area (Å²) in [5.41, 5.74) is 6.87. The molecule has 0 spiro atoms. The molecule has 7 heteroatoms. The summed E-state index contributed by atoms with van der Waals surface area (Å²) >= 11 is 7.30. The van der Waals surface area contributed by atoms with E-state index < -0.39 is 5.25 Å². The highest BCUT2D eigenvalue weighted by Crippen LogP contribution is 2.39. The number of carbonyl (C=O) groups is 2. The van der Waals surface area contributed by atoms with Crippen molar-refractivity contribution >= 4 is 46.6 Å². The van der Waals surface area contributed by atoms with Crippen LogP contribution in [0.15, 0.2) is 47.4 Å². The molecular formula is C17H15ClN2O3S. The van der Waals surface area contributed by atoms with Crippen LogP contribution in [-0.2, 0) is 9.59 Å². The van der Waals surface area contributed by atoms with E-state index in [1.54, 1.807) is 24.3 Å². The molecule has 5 nitrogen and oxygen atoms in total. The van der Waals surface area contributed by atoms with Crippen molar-refractivity contribution in [1.29, 1.82) is 0 Å². The third-order valence-electron chi connectivity index (χ3n) is 3.68. The number of hydrogen-bond acceptors (Lipinski definition) is 5. The molecule has 1 saturated heterocycles. The summed E-state index contributed by atoms with van der Waals surface area (Å²) < 4.78 is 5.25. The Morgan fingerprint density at radius 1 is 1.25 bits per heavy atom. The van der Waals surface area contributed by atoms with Gasteiger partial charge in [-0.1, -0.05) is 23.7 Å². The van der Waals surface area contributed by atoms with Crippen LogP contribution in [0.1, 0.15) is 6.42 Å². The molecule has 2 N–H and O–H groups in total. The molecule has 0 unspecified atom stereocenters. The van der Waals surface area contributed by atoms with Gasteiger partial charge in [0.2, 0.25) is 11.8 Å². The van der Waals surface area contributed by atoms with Crippen molar-refractivity contribution in [3.05, 3.63) is 47.5 Å². The van der Waals surface area contributed by atoms with Crippen molar-refractivity contribution in [1.82, 2.24) is 0 Å². The lowest BCUT2D eigenvalue weighted by molar-refractivity contribution is -0.121. The molecule has 1 aliphatic rings. The number of amides is 2. The number of nitrogen functional groups attached to an aromatic ring is 1. The van der Waals surface area contributed by atoms with E-state index >= 15 is 0 Å². The van der Waals surface area contributed by atoms with Gasteiger partial charge in [-0.25, -0.2) is 4.90 Å². The number of para-hydroxylation sites is 1. The zero-order valence-corrected chi connectivity index (χ0v) is 14.4. The van der Waals surface area contributed by atoms with Gasteiger partial charge in [0.05, 0.1) is 18.0 Å². The Morgan fingerprint density at radius 3 is 2.71 bits per heavy atom. The lowest BCUT2D eigenvalue weighted by atomic mass is 10.2. The zero-order chi connectivity index (χ0) is 17.3. The Hall–Kier alpha value is -2.18. The monoisotopic (exact) mass is 362 g/mol. The first-order valence-electron chi connectivity index (χ1n) is 7.22. The van der Waals surface area contributed by atoms with Crippen LogP contribution in [0.25, 0.3) is 0 Å². The molecule has 2 amide bonds. The number of nitrogens with two attached hydrogens (primary N) is 1. The Kier molecular flexibility index (Phi) is 4.69. The fourth-order valence-electron chi connectivity index (χ4n) is 2.53. The van der Waals surface area contributed by atoms with E-state index in [0.717, 1.165) is 9.80 Å². The molecule has 2 aromatic carbocycles. The maximum atomic E-state index is 12.8. The van der Waals surface area contributed by atoms with E-state index in [2.05, 4.69) is 0 Å². The van der Waals surface area contributed by atoms with Gasteiger partial charge in [-0.3, -0.25) is 9.59 Å². The number of methoxy groups -OCH3 is 1. The van der Waals surface area contributed by atoms with E-state index in [-0.39, 0.29) is 18.2 Å². The number of nitrogens with zero attached hydrogens (tertiary/aromatic N) is 1. The molecule has 0 saturated carbocycles. The molecular weight excluding hydrogens is 348 g/mol. The number of ether oxygens (including phenoxy) is 1. The van der Waals surface area contributed by atoms with Crippen molar-refractivity contribution in [3.63, 3.8) is 0 Å². The molecule has 0 bridgehead atoms. The van der Waals surface area contributed by atoms with Crippen LogP contribution < -0.4 is 15.4 Å². The summed E-state index contributed by atoms with van der Waals surface area (Å²) in [7, 11) is 1.48. The van der Waals surface area contributed by atoms with Crippen molar-refractivity contribution < 1.29 is 14.3 Å². The summed E-state index contributed by atoms with van der Waals surface area (Å²) in [6, 6.07) is 12.1. The lowest BCUT2D eigenvalue weighted by Gasteiger charge is -2.18. The quantitative estimate of drug-likeness (QED) is 0.667. The van der Waals surface area contributed by atoms with Gasteiger partial charge in [0.25, 0.3) is 0 Å². The van der Waals surface area contributed by atoms with Crippen LogP contribution in [0.3, 0.4) is 0 Å². The third-order valence-corrected chi connectivity index (χ3v) is 5.19. The van der Waals surface area contributed by atoms with Crippen molar-refractivity contribution in [2.24, 2.45) is 0 Å². The first kappa shape index (κ1) is 16.7. The molecule has 124 valence electrons. The lowest BCUT2D eigenvalue weighted by Crippen LogP contribution is -2.31. The predicted molar refractivity (Wildman–Crippen MR) is 95.6 cm³/mol. The number of carbonyl (C=O) groups excluding carboxylic acids is 2. The molecule has 1 fully saturated rings. The van der Waals surface area contributed by atoms with Gasteiger partial charge < -0.3 is 10.5 Å². The Morgan fingerprint density at radius 2 is 2.00 bits per heavy atom. The highest BCUT2D eigenvalue weighted by atomic mass is 35.5. The van der Waals surface area contributed by atoms with Crippen molar-refractivity contribution in [3.8, 4) is 5.75 Å². The van der Waals surface area contributed by atoms with Gasteiger partial charge >= 0.3 is 0 Å². The summed E-state index contributed by atoms with van der Waals surface area (Å²) in [5, 5.41) is -0.0966. The maximum Gasteiger partial charge on any atom is 0.247 e. The Labute approximate surface area is 148 Å². The molecule has 0 aliphatic carbocycles. The van der Waals surface area contributed by atoms with Crippen LogP contribution in [0.5, 0.6) is 5.75 Å². The minimum absolute atomic E-state index is 0.105. The standard InChI is InChI=1S/C17H15ClN2O3S/c1-23-13-7-6-10(18)8-12(13)20-16(21)9-15(17(20)22)24-14-5-3-2-4-11(14)19/h2-8,15H,9,19H2,1H3/t15-/m0/s1. The average Bonchev–Trinajstić information content (AvgIpc) is 2.83. The van der Waals surface area contributed by atoms with Gasteiger partial charge in [0.1, 0.15) is 5.75 Å². The minimum atomic E-state index is -0.522. The Bertz CT molecular complexity index is 812. The van der Waals surface area contributed by atoms with Gasteiger partial charge in [-0.05, 0) is 30.3 Å². The first-order valence-corrected chi connectivity index (χ1v) is 8.48. The number of imide groups is 1. The Balaban J connectivity index is 1.90. The van der Waals surface area contributed by atoms with Gasteiger partial charge in [0, 0.05) is 22.0 Å². The third kappa shape index (κ3) is 3.07. The second-order valence-electron chi connectivity index (χ2n) is 5.23. The molecule has 1 heterocycles. The highest BCUT2D eigenvalue weighted by molar-refractivity contribution is 8.00. The number of benzene rings is 2. The van der Waals surface area contributed by atoms with E-state index in [1.807, 2.05) is 18.2 Å². The van der Waals surface area contributed by atoms with Gasteiger partial charge in [-0.2, -0.15) is 0 Å². The number of halogens is 1. The molecule has 0 aromatic heterocycles. The van der Waals surface area contributed by atoms with Crippen LogP contribution in [-0.4, -0.2) is 24.2 Å². The van der Waals surface area contributed by atoms with Crippen LogP contribution in [0.4, 0.5) is 11.4 Å². The van der Waals surface area contributed by atoms with Gasteiger partial charge in [-0.15, -0.1) is 11.8 Å². The van der Waals surface area contributed by atoms with Crippen molar-refractivity contribution in [2.45, 2.75) is 16.6 Å². The summed E-state index contributed by atoms with van der Waals surface area (Å²) in [4.78, 5) is 27.1. The van der Waals surface area contributed by atoms with Crippen LogP contribution >= 0.6 is 23.4 Å². The van der Waals surface area contributed by atoms with Crippen LogP contribution in [0, 0.1) is 0 Å². The zero-order valence-electron chi connectivity index (χ0n) is 12.9. The SMILES string of the molecule is COc1ccc(Cl)cc1N1C(=O)C[C@H](Sc2ccccc2N)C1=O. The molecule has 0 radical (unpaired) electrons. The molecule has 3 rings (SSSR count). The van der Waals surface area contributed by atoms with E-state index in [4.69, 9.17) is 22.1 Å². The van der Waals surface area contributed by atoms with Crippen molar-refractivity contribution in [2.75, 3.05) is 17.7 Å².